The van der Waals surface area contributed by atoms with Crippen LogP contribution in [0.1, 0.15) is 30.9 Å². The number of aryl methyl sites for hydroxylation is 1. The van der Waals surface area contributed by atoms with Gasteiger partial charge in [0.2, 0.25) is 0 Å². The Balaban J connectivity index is 2.76. The smallest absolute Gasteiger partial charge is 0.343 e. The number of esters is 1. The van der Waals surface area contributed by atoms with Crippen LogP contribution in [-0.2, 0) is 9.53 Å². The Morgan fingerprint density at radius 1 is 1.31 bits per heavy atom. The van der Waals surface area contributed by atoms with Gasteiger partial charge in [0.05, 0.1) is 7.11 Å². The second kappa shape index (κ2) is 5.54. The monoisotopic (exact) mass is 222 g/mol. The van der Waals surface area contributed by atoms with Crippen molar-refractivity contribution < 1.29 is 14.3 Å². The van der Waals surface area contributed by atoms with Crippen molar-refractivity contribution in [3.63, 3.8) is 0 Å². The summed E-state index contributed by atoms with van der Waals surface area (Å²) < 4.78 is 9.87. The first-order chi connectivity index (χ1) is 7.52. The Bertz CT molecular complexity index is 369. The van der Waals surface area contributed by atoms with Crippen LogP contribution in [0.4, 0.5) is 0 Å². The van der Waals surface area contributed by atoms with Crippen molar-refractivity contribution in [1.29, 1.82) is 0 Å². The summed E-state index contributed by atoms with van der Waals surface area (Å²) in [5.74, 6) is 0.794. The van der Waals surface area contributed by atoms with Crippen molar-refractivity contribution in [1.82, 2.24) is 0 Å². The maximum Gasteiger partial charge on any atom is 0.343 e. The van der Waals surface area contributed by atoms with Gasteiger partial charge in [-0.25, -0.2) is 4.79 Å². The summed E-state index contributed by atoms with van der Waals surface area (Å²) in [4.78, 5) is 10.9. The van der Waals surface area contributed by atoms with E-state index in [1.54, 1.807) is 0 Å². The predicted octanol–water partition coefficient (Wildman–Crippen LogP) is 2.67. The fourth-order valence-corrected chi connectivity index (χ4v) is 1.39. The summed E-state index contributed by atoms with van der Waals surface area (Å²) in [6.45, 7) is 6.21. The molecule has 0 N–H and O–H groups in total. The molecule has 3 nitrogen and oxygen atoms in total. The lowest BCUT2D eigenvalue weighted by molar-refractivity contribution is -0.142. The molecule has 0 heterocycles. The van der Waals surface area contributed by atoms with Crippen LogP contribution >= 0.6 is 0 Å². The van der Waals surface area contributed by atoms with Gasteiger partial charge in [0.15, 0.2) is 6.61 Å². The molecule has 0 fully saturated rings. The van der Waals surface area contributed by atoms with Gasteiger partial charge in [0.1, 0.15) is 5.75 Å². The van der Waals surface area contributed by atoms with Crippen LogP contribution in [-0.4, -0.2) is 19.7 Å². The molecule has 0 unspecified atom stereocenters. The average molecular weight is 222 g/mol. The summed E-state index contributed by atoms with van der Waals surface area (Å²) in [5.41, 5.74) is 2.34. The molecular weight excluding hydrogens is 204 g/mol. The SMILES string of the molecule is COC(=O)COc1cc(C)cc(C(C)C)c1. The standard InChI is InChI=1S/C13H18O3/c1-9(2)11-5-10(3)6-12(7-11)16-8-13(14)15-4/h5-7,9H,8H2,1-4H3. The second-order valence-corrected chi connectivity index (χ2v) is 4.10. The highest BCUT2D eigenvalue weighted by Crippen LogP contribution is 2.22. The molecule has 0 aliphatic heterocycles. The molecule has 0 bridgehead atoms. The van der Waals surface area contributed by atoms with E-state index in [9.17, 15) is 4.79 Å². The number of rotatable bonds is 4. The summed E-state index contributed by atoms with van der Waals surface area (Å²) in [6, 6.07) is 5.99. The van der Waals surface area contributed by atoms with Crippen molar-refractivity contribution in [2.24, 2.45) is 0 Å². The Morgan fingerprint density at radius 3 is 2.56 bits per heavy atom. The van der Waals surface area contributed by atoms with E-state index < -0.39 is 0 Å². The largest absolute Gasteiger partial charge is 0.482 e. The summed E-state index contributed by atoms with van der Waals surface area (Å²) in [6.07, 6.45) is 0. The van der Waals surface area contributed by atoms with Crippen LogP contribution in [0.25, 0.3) is 0 Å². The van der Waals surface area contributed by atoms with Gasteiger partial charge in [-0.3, -0.25) is 0 Å². The van der Waals surface area contributed by atoms with Gasteiger partial charge in [-0.15, -0.1) is 0 Å². The molecule has 0 amide bonds. The minimum Gasteiger partial charge on any atom is -0.482 e. The summed E-state index contributed by atoms with van der Waals surface area (Å²) in [7, 11) is 1.35. The highest BCUT2D eigenvalue weighted by atomic mass is 16.6. The first kappa shape index (κ1) is 12.6. The van der Waals surface area contributed by atoms with E-state index in [2.05, 4.69) is 24.7 Å². The number of hydrogen-bond acceptors (Lipinski definition) is 3. The number of ether oxygens (including phenoxy) is 2. The van der Waals surface area contributed by atoms with E-state index in [0.29, 0.717) is 11.7 Å². The molecule has 0 radical (unpaired) electrons. The fraction of sp³-hybridized carbons (Fsp3) is 0.462. The van der Waals surface area contributed by atoms with E-state index >= 15 is 0 Å². The Morgan fingerprint density at radius 2 is 2.00 bits per heavy atom. The minimum atomic E-state index is -0.368. The number of carbonyl (C=O) groups is 1. The van der Waals surface area contributed by atoms with Crippen LogP contribution in [0.2, 0.25) is 0 Å². The third-order valence-electron chi connectivity index (χ3n) is 2.32. The van der Waals surface area contributed by atoms with Crippen molar-refractivity contribution >= 4 is 5.97 Å². The highest BCUT2D eigenvalue weighted by molar-refractivity contribution is 5.70. The summed E-state index contributed by atoms with van der Waals surface area (Å²) >= 11 is 0. The third kappa shape index (κ3) is 3.57. The second-order valence-electron chi connectivity index (χ2n) is 4.10. The molecule has 1 aromatic rings. The van der Waals surface area contributed by atoms with Gasteiger partial charge >= 0.3 is 5.97 Å². The third-order valence-corrected chi connectivity index (χ3v) is 2.32. The lowest BCUT2D eigenvalue weighted by Crippen LogP contribution is -2.12. The van der Waals surface area contributed by atoms with E-state index in [1.165, 1.54) is 12.7 Å². The zero-order valence-electron chi connectivity index (χ0n) is 10.2. The topological polar surface area (TPSA) is 35.5 Å². The molecule has 0 saturated carbocycles. The zero-order valence-corrected chi connectivity index (χ0v) is 10.2. The van der Waals surface area contributed by atoms with Gasteiger partial charge < -0.3 is 9.47 Å². The predicted molar refractivity (Wildman–Crippen MR) is 62.8 cm³/mol. The molecule has 0 spiro atoms. The lowest BCUT2D eigenvalue weighted by Gasteiger charge is -2.11. The fourth-order valence-electron chi connectivity index (χ4n) is 1.39. The van der Waals surface area contributed by atoms with Crippen molar-refractivity contribution in [3.05, 3.63) is 29.3 Å². The van der Waals surface area contributed by atoms with Gasteiger partial charge in [0, 0.05) is 0 Å². The molecule has 0 aromatic heterocycles. The molecule has 1 aromatic carbocycles. The average Bonchev–Trinajstić information content (AvgIpc) is 2.25. The van der Waals surface area contributed by atoms with Crippen LogP contribution in [0.3, 0.4) is 0 Å². The first-order valence-corrected chi connectivity index (χ1v) is 5.34. The van der Waals surface area contributed by atoms with Crippen molar-refractivity contribution in [2.75, 3.05) is 13.7 Å². The quantitative estimate of drug-likeness (QED) is 0.735. The summed E-state index contributed by atoms with van der Waals surface area (Å²) in [5, 5.41) is 0. The van der Waals surface area contributed by atoms with Crippen LogP contribution in [0.5, 0.6) is 5.75 Å². The van der Waals surface area contributed by atoms with E-state index in [4.69, 9.17) is 4.74 Å². The van der Waals surface area contributed by atoms with Crippen molar-refractivity contribution in [2.45, 2.75) is 26.7 Å². The first-order valence-electron chi connectivity index (χ1n) is 5.34. The Labute approximate surface area is 96.4 Å². The molecule has 88 valence electrons. The number of carbonyl (C=O) groups excluding carboxylic acids is 1. The molecule has 3 heteroatoms. The molecule has 16 heavy (non-hydrogen) atoms. The van der Waals surface area contributed by atoms with Gasteiger partial charge in [-0.1, -0.05) is 19.9 Å². The van der Waals surface area contributed by atoms with Crippen molar-refractivity contribution in [3.8, 4) is 5.75 Å². The number of benzene rings is 1. The molecule has 0 saturated heterocycles. The molecule has 0 aliphatic carbocycles. The van der Waals surface area contributed by atoms with E-state index in [-0.39, 0.29) is 12.6 Å². The molecule has 0 aliphatic rings. The zero-order chi connectivity index (χ0) is 12.1. The van der Waals surface area contributed by atoms with Crippen LogP contribution in [0, 0.1) is 6.92 Å². The number of methoxy groups -OCH3 is 1. The van der Waals surface area contributed by atoms with Gasteiger partial charge in [0.25, 0.3) is 0 Å². The Hall–Kier alpha value is -1.51. The highest BCUT2D eigenvalue weighted by Gasteiger charge is 2.05. The maximum atomic E-state index is 10.9. The van der Waals surface area contributed by atoms with Gasteiger partial charge in [-0.05, 0) is 36.1 Å². The minimum absolute atomic E-state index is 0.0442. The lowest BCUT2D eigenvalue weighted by atomic mass is 10.0. The van der Waals surface area contributed by atoms with Crippen LogP contribution < -0.4 is 4.74 Å². The molecular formula is C13H18O3. The molecule has 0 atom stereocenters. The maximum absolute atomic E-state index is 10.9. The van der Waals surface area contributed by atoms with Crippen LogP contribution in [0.15, 0.2) is 18.2 Å². The normalized spacial score (nSPS) is 10.3. The van der Waals surface area contributed by atoms with Gasteiger partial charge in [-0.2, -0.15) is 0 Å². The Kier molecular flexibility index (Phi) is 4.35. The number of hydrogen-bond donors (Lipinski definition) is 0. The van der Waals surface area contributed by atoms with E-state index in [0.717, 1.165) is 5.56 Å². The molecule has 1 rings (SSSR count). The van der Waals surface area contributed by atoms with E-state index in [1.807, 2.05) is 19.1 Å².